The molecule has 1 aliphatic rings. The monoisotopic (exact) mass is 329 g/mol. The van der Waals surface area contributed by atoms with Crippen molar-refractivity contribution in [3.8, 4) is 0 Å². The number of anilines is 2. The third kappa shape index (κ3) is 3.56. The smallest absolute Gasteiger partial charge is 0.262 e. The van der Waals surface area contributed by atoms with Gasteiger partial charge in [-0.25, -0.2) is 4.98 Å². The van der Waals surface area contributed by atoms with Crippen LogP contribution in [0.3, 0.4) is 0 Å². The van der Waals surface area contributed by atoms with Gasteiger partial charge in [-0.15, -0.1) is 0 Å². The fourth-order valence-electron chi connectivity index (χ4n) is 2.85. The molecular formula is C17H23N5O2. The zero-order valence-electron chi connectivity index (χ0n) is 14.1. The predicted molar refractivity (Wildman–Crippen MR) is 92.5 cm³/mol. The van der Waals surface area contributed by atoms with E-state index in [2.05, 4.69) is 25.7 Å². The Hall–Kier alpha value is -2.41. The molecule has 1 amide bonds. The Balaban J connectivity index is 1.69. The van der Waals surface area contributed by atoms with Gasteiger partial charge < -0.3 is 20.1 Å². The molecule has 0 spiro atoms. The molecule has 24 heavy (non-hydrogen) atoms. The first kappa shape index (κ1) is 16.4. The van der Waals surface area contributed by atoms with Gasteiger partial charge in [0.1, 0.15) is 17.1 Å². The number of aryl methyl sites for hydroxylation is 2. The first-order valence-electron chi connectivity index (χ1n) is 8.37. The number of aromatic nitrogens is 2. The van der Waals surface area contributed by atoms with Crippen molar-refractivity contribution < 1.29 is 9.32 Å². The summed E-state index contributed by atoms with van der Waals surface area (Å²) in [5.41, 5.74) is 2.19. The van der Waals surface area contributed by atoms with Crippen LogP contribution in [0.4, 0.5) is 11.5 Å². The van der Waals surface area contributed by atoms with Crippen molar-refractivity contribution in [3.63, 3.8) is 0 Å². The van der Waals surface area contributed by atoms with Crippen LogP contribution in [0.2, 0.25) is 0 Å². The Labute approximate surface area is 141 Å². The number of carbonyl (C=O) groups excluding carboxylic acids is 1. The van der Waals surface area contributed by atoms with Gasteiger partial charge in [-0.05, 0) is 25.5 Å². The lowest BCUT2D eigenvalue weighted by Gasteiger charge is -2.29. The third-order valence-corrected chi connectivity index (χ3v) is 4.11. The van der Waals surface area contributed by atoms with E-state index >= 15 is 0 Å². The van der Waals surface area contributed by atoms with Gasteiger partial charge >= 0.3 is 0 Å². The van der Waals surface area contributed by atoms with Crippen LogP contribution in [0.25, 0.3) is 0 Å². The highest BCUT2D eigenvalue weighted by atomic mass is 16.5. The molecule has 7 heteroatoms. The number of piperazine rings is 1. The summed E-state index contributed by atoms with van der Waals surface area (Å²) in [6.07, 6.45) is 3.39. The Morgan fingerprint density at radius 1 is 1.38 bits per heavy atom. The summed E-state index contributed by atoms with van der Waals surface area (Å²) < 4.78 is 5.25. The predicted octanol–water partition coefficient (Wildman–Crippen LogP) is 1.99. The molecule has 0 unspecified atom stereocenters. The minimum absolute atomic E-state index is 0.223. The van der Waals surface area contributed by atoms with E-state index in [1.807, 2.05) is 19.1 Å². The lowest BCUT2D eigenvalue weighted by Crippen LogP contribution is -2.43. The van der Waals surface area contributed by atoms with Gasteiger partial charge in [-0.2, -0.15) is 0 Å². The largest absolute Gasteiger partial charge is 0.368 e. The Bertz CT molecular complexity index is 690. The fraction of sp³-hybridized carbons (Fsp3) is 0.471. The van der Waals surface area contributed by atoms with Crippen molar-refractivity contribution in [2.45, 2.75) is 26.7 Å². The van der Waals surface area contributed by atoms with Crippen LogP contribution in [0.1, 0.15) is 35.2 Å². The van der Waals surface area contributed by atoms with Gasteiger partial charge in [0.15, 0.2) is 0 Å². The number of amides is 1. The first-order valence-corrected chi connectivity index (χ1v) is 8.37. The molecule has 0 bridgehead atoms. The highest BCUT2D eigenvalue weighted by Gasteiger charge is 2.20. The Kier molecular flexibility index (Phi) is 5.10. The summed E-state index contributed by atoms with van der Waals surface area (Å²) in [5, 5.41) is 10.1. The SMILES string of the molecule is CCCc1onc(C)c1C(=O)Nc1ccc(N2CCNCC2)cn1. The summed E-state index contributed by atoms with van der Waals surface area (Å²) in [6, 6.07) is 3.82. The molecular weight excluding hydrogens is 306 g/mol. The lowest BCUT2D eigenvalue weighted by molar-refractivity contribution is 0.102. The van der Waals surface area contributed by atoms with Crippen LogP contribution in [0.15, 0.2) is 22.9 Å². The molecule has 1 fully saturated rings. The van der Waals surface area contributed by atoms with Crippen molar-refractivity contribution in [2.24, 2.45) is 0 Å². The maximum absolute atomic E-state index is 12.5. The average Bonchev–Trinajstić information content (AvgIpc) is 2.97. The maximum Gasteiger partial charge on any atom is 0.262 e. The van der Waals surface area contributed by atoms with E-state index in [0.717, 1.165) is 38.3 Å². The molecule has 1 saturated heterocycles. The maximum atomic E-state index is 12.5. The second-order valence-electron chi connectivity index (χ2n) is 5.91. The molecule has 0 atom stereocenters. The van der Waals surface area contributed by atoms with Crippen molar-refractivity contribution >= 4 is 17.4 Å². The summed E-state index contributed by atoms with van der Waals surface area (Å²) in [5.74, 6) is 0.937. The van der Waals surface area contributed by atoms with Gasteiger partial charge in [0.25, 0.3) is 5.91 Å². The molecule has 0 aliphatic carbocycles. The zero-order valence-corrected chi connectivity index (χ0v) is 14.1. The van der Waals surface area contributed by atoms with Gasteiger partial charge in [0.2, 0.25) is 0 Å². The molecule has 2 aromatic heterocycles. The molecule has 3 heterocycles. The van der Waals surface area contributed by atoms with Crippen LogP contribution in [0.5, 0.6) is 0 Å². The molecule has 3 rings (SSSR count). The normalized spacial score (nSPS) is 14.7. The van der Waals surface area contributed by atoms with Gasteiger partial charge in [0.05, 0.1) is 17.6 Å². The molecule has 7 nitrogen and oxygen atoms in total. The molecule has 128 valence electrons. The molecule has 2 N–H and O–H groups in total. The van der Waals surface area contributed by atoms with Crippen molar-refractivity contribution in [2.75, 3.05) is 36.4 Å². The minimum atomic E-state index is -0.223. The number of rotatable bonds is 5. The van der Waals surface area contributed by atoms with Gasteiger partial charge in [-0.1, -0.05) is 12.1 Å². The van der Waals surface area contributed by atoms with Crippen molar-refractivity contribution in [1.82, 2.24) is 15.5 Å². The van der Waals surface area contributed by atoms with E-state index in [9.17, 15) is 4.79 Å². The zero-order chi connectivity index (χ0) is 16.9. The molecule has 1 aliphatic heterocycles. The van der Waals surface area contributed by atoms with E-state index in [1.54, 1.807) is 13.1 Å². The first-order chi connectivity index (χ1) is 11.7. The van der Waals surface area contributed by atoms with Crippen LogP contribution < -0.4 is 15.5 Å². The van der Waals surface area contributed by atoms with E-state index in [4.69, 9.17) is 4.52 Å². The molecule has 0 radical (unpaired) electrons. The number of nitrogens with one attached hydrogen (secondary N) is 2. The van der Waals surface area contributed by atoms with Crippen LogP contribution in [0, 0.1) is 6.92 Å². The fourth-order valence-corrected chi connectivity index (χ4v) is 2.85. The molecule has 2 aromatic rings. The quantitative estimate of drug-likeness (QED) is 0.873. The molecule has 0 aromatic carbocycles. The lowest BCUT2D eigenvalue weighted by atomic mass is 10.1. The van der Waals surface area contributed by atoms with Crippen LogP contribution in [-0.2, 0) is 6.42 Å². The Morgan fingerprint density at radius 2 is 2.17 bits per heavy atom. The molecule has 0 saturated carbocycles. The van der Waals surface area contributed by atoms with E-state index in [-0.39, 0.29) is 5.91 Å². The summed E-state index contributed by atoms with van der Waals surface area (Å²) in [7, 11) is 0. The van der Waals surface area contributed by atoms with Crippen molar-refractivity contribution in [1.29, 1.82) is 0 Å². The number of nitrogens with zero attached hydrogens (tertiary/aromatic N) is 3. The number of pyridine rings is 1. The second kappa shape index (κ2) is 7.44. The van der Waals surface area contributed by atoms with E-state index in [1.165, 1.54) is 0 Å². The number of carbonyl (C=O) groups is 1. The van der Waals surface area contributed by atoms with Crippen LogP contribution in [-0.4, -0.2) is 42.2 Å². The average molecular weight is 329 g/mol. The summed E-state index contributed by atoms with van der Waals surface area (Å²) in [6.45, 7) is 7.70. The topological polar surface area (TPSA) is 83.3 Å². The summed E-state index contributed by atoms with van der Waals surface area (Å²) >= 11 is 0. The highest BCUT2D eigenvalue weighted by Crippen LogP contribution is 2.19. The number of hydrogen-bond acceptors (Lipinski definition) is 6. The van der Waals surface area contributed by atoms with Gasteiger partial charge in [0, 0.05) is 32.6 Å². The second-order valence-corrected chi connectivity index (χ2v) is 5.91. The van der Waals surface area contributed by atoms with Crippen molar-refractivity contribution in [3.05, 3.63) is 35.3 Å². The summed E-state index contributed by atoms with van der Waals surface area (Å²) in [4.78, 5) is 19.1. The highest BCUT2D eigenvalue weighted by molar-refractivity contribution is 6.05. The van der Waals surface area contributed by atoms with Crippen LogP contribution >= 0.6 is 0 Å². The van der Waals surface area contributed by atoms with E-state index < -0.39 is 0 Å². The standard InChI is InChI=1S/C17H23N5O2/c1-3-4-14-16(12(2)21-24-14)17(23)20-15-6-5-13(11-19-15)22-9-7-18-8-10-22/h5-6,11,18H,3-4,7-10H2,1-2H3,(H,19,20,23). The Morgan fingerprint density at radius 3 is 2.83 bits per heavy atom. The van der Waals surface area contributed by atoms with Gasteiger partial charge in [-0.3, -0.25) is 4.79 Å². The minimum Gasteiger partial charge on any atom is -0.368 e. The number of hydrogen-bond donors (Lipinski definition) is 2. The van der Waals surface area contributed by atoms with E-state index in [0.29, 0.717) is 29.3 Å². The third-order valence-electron chi connectivity index (χ3n) is 4.11.